The number of pyridine rings is 1. The summed E-state index contributed by atoms with van der Waals surface area (Å²) in [5.74, 6) is 1.14. The van der Waals surface area contributed by atoms with Gasteiger partial charge in [0.25, 0.3) is 0 Å². The Bertz CT molecular complexity index is 682. The standard InChI is InChI=1S/C17H23N3OS/c1-4-20(11-14-6-5-9-19(14)3)16-8-7-13-10-15(12(2)21)22-17(13)18-16/h7-8,10,14H,4-6,9,11H2,1-3H3. The van der Waals surface area contributed by atoms with Crippen molar-refractivity contribution < 1.29 is 4.79 Å². The normalized spacial score (nSPS) is 19.0. The van der Waals surface area contributed by atoms with Crippen molar-refractivity contribution in [3.8, 4) is 0 Å². The Morgan fingerprint density at radius 3 is 2.95 bits per heavy atom. The van der Waals surface area contributed by atoms with Crippen molar-refractivity contribution in [2.45, 2.75) is 32.7 Å². The fourth-order valence-electron chi connectivity index (χ4n) is 3.11. The number of anilines is 1. The molecule has 2 aromatic rings. The highest BCUT2D eigenvalue weighted by molar-refractivity contribution is 7.20. The highest BCUT2D eigenvalue weighted by Crippen LogP contribution is 2.27. The van der Waals surface area contributed by atoms with Gasteiger partial charge in [0.1, 0.15) is 10.6 Å². The fraction of sp³-hybridized carbons (Fsp3) is 0.529. The van der Waals surface area contributed by atoms with Crippen LogP contribution in [-0.4, -0.2) is 48.4 Å². The molecule has 1 aliphatic rings. The largest absolute Gasteiger partial charge is 0.355 e. The molecule has 1 aliphatic heterocycles. The minimum atomic E-state index is 0.115. The van der Waals surface area contributed by atoms with Crippen LogP contribution >= 0.6 is 11.3 Å². The van der Waals surface area contributed by atoms with E-state index in [1.165, 1.54) is 30.7 Å². The first kappa shape index (κ1) is 15.4. The van der Waals surface area contributed by atoms with Crippen LogP contribution in [0.3, 0.4) is 0 Å². The average Bonchev–Trinajstić information content (AvgIpc) is 3.10. The number of carbonyl (C=O) groups is 1. The number of aromatic nitrogens is 1. The number of hydrogen-bond acceptors (Lipinski definition) is 5. The Labute approximate surface area is 135 Å². The molecule has 1 atom stereocenters. The summed E-state index contributed by atoms with van der Waals surface area (Å²) in [5, 5.41) is 1.06. The van der Waals surface area contributed by atoms with Gasteiger partial charge in [-0.25, -0.2) is 4.98 Å². The molecule has 0 bridgehead atoms. The molecular formula is C17H23N3OS. The molecule has 0 spiro atoms. The topological polar surface area (TPSA) is 36.4 Å². The first-order valence-electron chi connectivity index (χ1n) is 7.95. The third-order valence-corrected chi connectivity index (χ3v) is 5.67. The number of ketones is 1. The molecule has 118 valence electrons. The predicted molar refractivity (Wildman–Crippen MR) is 93.2 cm³/mol. The van der Waals surface area contributed by atoms with E-state index < -0.39 is 0 Å². The average molecular weight is 317 g/mol. The van der Waals surface area contributed by atoms with Gasteiger partial charge in [-0.1, -0.05) is 0 Å². The molecule has 0 aromatic carbocycles. The molecule has 2 aromatic heterocycles. The zero-order valence-corrected chi connectivity index (χ0v) is 14.3. The first-order chi connectivity index (χ1) is 10.6. The zero-order valence-electron chi connectivity index (χ0n) is 13.5. The molecule has 1 saturated heterocycles. The molecule has 1 fully saturated rings. The molecule has 1 unspecified atom stereocenters. The summed E-state index contributed by atoms with van der Waals surface area (Å²) in [5.41, 5.74) is 0. The van der Waals surface area contributed by atoms with E-state index in [1.54, 1.807) is 6.92 Å². The maximum Gasteiger partial charge on any atom is 0.169 e. The second kappa shape index (κ2) is 6.34. The van der Waals surface area contributed by atoms with E-state index in [1.807, 2.05) is 6.07 Å². The lowest BCUT2D eigenvalue weighted by atomic mass is 10.2. The van der Waals surface area contributed by atoms with Gasteiger partial charge in [-0.15, -0.1) is 11.3 Å². The van der Waals surface area contributed by atoms with Crippen LogP contribution in [0.1, 0.15) is 36.4 Å². The Balaban J connectivity index is 1.85. The lowest BCUT2D eigenvalue weighted by molar-refractivity contribution is 0.102. The third kappa shape index (κ3) is 3.01. The Hall–Kier alpha value is -1.46. The molecule has 4 nitrogen and oxygen atoms in total. The van der Waals surface area contributed by atoms with Crippen LogP contribution in [0.5, 0.6) is 0 Å². The second-order valence-electron chi connectivity index (χ2n) is 6.05. The second-order valence-corrected chi connectivity index (χ2v) is 7.08. The van der Waals surface area contributed by atoms with Gasteiger partial charge in [0.15, 0.2) is 5.78 Å². The van der Waals surface area contributed by atoms with Crippen molar-refractivity contribution in [2.75, 3.05) is 31.6 Å². The van der Waals surface area contributed by atoms with Gasteiger partial charge in [0.05, 0.1) is 4.88 Å². The first-order valence-corrected chi connectivity index (χ1v) is 8.77. The molecule has 0 radical (unpaired) electrons. The molecule has 5 heteroatoms. The number of carbonyl (C=O) groups excluding carboxylic acids is 1. The van der Waals surface area contributed by atoms with Crippen molar-refractivity contribution in [3.05, 3.63) is 23.1 Å². The van der Waals surface area contributed by atoms with Crippen molar-refractivity contribution in [1.29, 1.82) is 0 Å². The maximum atomic E-state index is 11.5. The van der Waals surface area contributed by atoms with Gasteiger partial charge in [0.2, 0.25) is 0 Å². The number of fused-ring (bicyclic) bond motifs is 1. The number of Topliss-reactive ketones (excluding diaryl/α,β-unsaturated/α-hetero) is 1. The van der Waals surface area contributed by atoms with Gasteiger partial charge >= 0.3 is 0 Å². The van der Waals surface area contributed by atoms with E-state index in [0.29, 0.717) is 6.04 Å². The Morgan fingerprint density at radius 1 is 1.50 bits per heavy atom. The number of thiophene rings is 1. The Morgan fingerprint density at radius 2 is 2.32 bits per heavy atom. The minimum absolute atomic E-state index is 0.115. The fourth-order valence-corrected chi connectivity index (χ4v) is 4.03. The summed E-state index contributed by atoms with van der Waals surface area (Å²) >= 11 is 1.49. The molecule has 0 N–H and O–H groups in total. The van der Waals surface area contributed by atoms with Gasteiger partial charge in [-0.2, -0.15) is 0 Å². The summed E-state index contributed by atoms with van der Waals surface area (Å²) in [6.45, 7) is 6.96. The predicted octanol–water partition coefficient (Wildman–Crippen LogP) is 3.42. The number of likely N-dealkylation sites (N-methyl/N-ethyl adjacent to an activating group) is 2. The van der Waals surface area contributed by atoms with Gasteiger partial charge in [-0.05, 0) is 58.5 Å². The summed E-state index contributed by atoms with van der Waals surface area (Å²) < 4.78 is 0. The van der Waals surface area contributed by atoms with Crippen LogP contribution in [0, 0.1) is 0 Å². The quantitative estimate of drug-likeness (QED) is 0.792. The van der Waals surface area contributed by atoms with Crippen LogP contribution in [0.15, 0.2) is 18.2 Å². The molecular weight excluding hydrogens is 294 g/mol. The zero-order chi connectivity index (χ0) is 15.7. The molecule has 0 aliphatic carbocycles. The van der Waals surface area contributed by atoms with Crippen LogP contribution < -0.4 is 4.90 Å². The summed E-state index contributed by atoms with van der Waals surface area (Å²) in [6.07, 6.45) is 2.56. The van der Waals surface area contributed by atoms with Crippen molar-refractivity contribution in [1.82, 2.24) is 9.88 Å². The van der Waals surface area contributed by atoms with E-state index in [0.717, 1.165) is 34.0 Å². The summed E-state index contributed by atoms with van der Waals surface area (Å²) in [6, 6.07) is 6.73. The summed E-state index contributed by atoms with van der Waals surface area (Å²) in [4.78, 5) is 22.9. The Kier molecular flexibility index (Phi) is 4.45. The minimum Gasteiger partial charge on any atom is -0.355 e. The van der Waals surface area contributed by atoms with E-state index >= 15 is 0 Å². The lowest BCUT2D eigenvalue weighted by Gasteiger charge is -2.28. The number of rotatable bonds is 5. The highest BCUT2D eigenvalue weighted by Gasteiger charge is 2.23. The van der Waals surface area contributed by atoms with Crippen LogP contribution in [0.2, 0.25) is 0 Å². The van der Waals surface area contributed by atoms with Crippen LogP contribution in [0.25, 0.3) is 10.2 Å². The SMILES string of the molecule is CCN(CC1CCCN1C)c1ccc2cc(C(C)=O)sc2n1. The number of hydrogen-bond donors (Lipinski definition) is 0. The third-order valence-electron chi connectivity index (χ3n) is 4.52. The summed E-state index contributed by atoms with van der Waals surface area (Å²) in [7, 11) is 2.21. The maximum absolute atomic E-state index is 11.5. The monoisotopic (exact) mass is 317 g/mol. The number of nitrogens with zero attached hydrogens (tertiary/aromatic N) is 3. The van der Waals surface area contributed by atoms with Gasteiger partial charge in [0, 0.05) is 24.5 Å². The van der Waals surface area contributed by atoms with Crippen molar-refractivity contribution in [2.24, 2.45) is 0 Å². The molecule has 22 heavy (non-hydrogen) atoms. The van der Waals surface area contributed by atoms with Crippen molar-refractivity contribution >= 4 is 33.2 Å². The van der Waals surface area contributed by atoms with Gasteiger partial charge < -0.3 is 9.80 Å². The lowest BCUT2D eigenvalue weighted by Crippen LogP contribution is -2.38. The van der Waals surface area contributed by atoms with E-state index in [4.69, 9.17) is 4.98 Å². The molecule has 0 amide bonds. The van der Waals surface area contributed by atoms with E-state index in [2.05, 4.69) is 35.9 Å². The molecule has 0 saturated carbocycles. The van der Waals surface area contributed by atoms with E-state index in [-0.39, 0.29) is 5.78 Å². The number of likely N-dealkylation sites (tertiary alicyclic amines) is 1. The van der Waals surface area contributed by atoms with Crippen molar-refractivity contribution in [3.63, 3.8) is 0 Å². The smallest absolute Gasteiger partial charge is 0.169 e. The van der Waals surface area contributed by atoms with Gasteiger partial charge in [-0.3, -0.25) is 4.79 Å². The molecule has 3 heterocycles. The van der Waals surface area contributed by atoms with E-state index in [9.17, 15) is 4.79 Å². The van der Waals surface area contributed by atoms with Crippen LogP contribution in [-0.2, 0) is 0 Å². The highest BCUT2D eigenvalue weighted by atomic mass is 32.1. The molecule has 3 rings (SSSR count). The van der Waals surface area contributed by atoms with Crippen LogP contribution in [0.4, 0.5) is 5.82 Å².